The normalized spacial score (nSPS) is 15.0. The summed E-state index contributed by atoms with van der Waals surface area (Å²) < 4.78 is 36.6. The molecule has 0 fully saturated rings. The summed E-state index contributed by atoms with van der Waals surface area (Å²) in [7, 11) is 0. The first-order valence-corrected chi connectivity index (χ1v) is 6.30. The smallest absolute Gasteiger partial charge is 0.391 e. The molecule has 0 heterocycles. The number of carboxylic acids is 1. The van der Waals surface area contributed by atoms with Gasteiger partial charge in [0.15, 0.2) is 0 Å². The van der Waals surface area contributed by atoms with E-state index in [1.54, 1.807) is 0 Å². The first-order valence-electron chi connectivity index (χ1n) is 6.30. The summed E-state index contributed by atoms with van der Waals surface area (Å²) in [6, 6.07) is 0. The van der Waals surface area contributed by atoms with E-state index in [9.17, 15) is 23.1 Å². The van der Waals surface area contributed by atoms with Gasteiger partial charge < -0.3 is 10.2 Å². The summed E-state index contributed by atoms with van der Waals surface area (Å²) in [6.07, 6.45) is -2.84. The van der Waals surface area contributed by atoms with Crippen molar-refractivity contribution in [3.63, 3.8) is 0 Å². The van der Waals surface area contributed by atoms with Gasteiger partial charge in [0.2, 0.25) is 0 Å². The lowest BCUT2D eigenvalue weighted by molar-refractivity contribution is -0.171. The quantitative estimate of drug-likeness (QED) is 0.502. The average molecular weight is 282 g/mol. The van der Waals surface area contributed by atoms with Crippen LogP contribution in [-0.2, 0) is 4.79 Å². The number of carboxylic acid groups (broad SMARTS) is 1. The van der Waals surface area contributed by atoms with Gasteiger partial charge in [-0.25, -0.2) is 4.79 Å². The molecule has 2 N–H and O–H groups in total. The molecule has 0 aliphatic rings. The number of hydrogen-bond acceptors (Lipinski definition) is 2. The van der Waals surface area contributed by atoms with Crippen molar-refractivity contribution >= 4 is 5.97 Å². The maximum Gasteiger partial charge on any atom is 0.391 e. The molecule has 6 heteroatoms. The molecule has 0 aromatic carbocycles. The first-order chi connectivity index (χ1) is 8.64. The van der Waals surface area contributed by atoms with Crippen molar-refractivity contribution in [3.05, 3.63) is 12.2 Å². The molecule has 19 heavy (non-hydrogen) atoms. The molecule has 0 saturated heterocycles. The molecule has 0 rings (SSSR count). The Morgan fingerprint density at radius 2 is 1.74 bits per heavy atom. The Kier molecular flexibility index (Phi) is 7.75. The van der Waals surface area contributed by atoms with Gasteiger partial charge in [0.1, 0.15) is 0 Å². The average Bonchev–Trinajstić information content (AvgIpc) is 2.26. The lowest BCUT2D eigenvalue weighted by Crippen LogP contribution is -2.19. The fourth-order valence-corrected chi connectivity index (χ4v) is 1.64. The van der Waals surface area contributed by atoms with Crippen molar-refractivity contribution in [3.8, 4) is 0 Å². The Morgan fingerprint density at radius 3 is 2.21 bits per heavy atom. The molecule has 112 valence electrons. The van der Waals surface area contributed by atoms with Crippen LogP contribution >= 0.6 is 0 Å². The van der Waals surface area contributed by atoms with Gasteiger partial charge in [-0.1, -0.05) is 32.8 Å². The van der Waals surface area contributed by atoms with Crippen LogP contribution in [0.1, 0.15) is 45.4 Å². The van der Waals surface area contributed by atoms with Crippen LogP contribution in [0, 0.1) is 5.92 Å². The van der Waals surface area contributed by atoms with E-state index in [2.05, 4.69) is 6.58 Å². The number of aliphatic carboxylic acids is 1. The molecule has 2 unspecified atom stereocenters. The van der Waals surface area contributed by atoms with E-state index >= 15 is 0 Å². The zero-order valence-corrected chi connectivity index (χ0v) is 11.0. The number of aliphatic hydroxyl groups is 1. The molecular weight excluding hydrogens is 261 g/mol. The number of rotatable bonds is 9. The third-order valence-corrected chi connectivity index (χ3v) is 3.02. The summed E-state index contributed by atoms with van der Waals surface area (Å²) >= 11 is 0. The molecule has 2 atom stereocenters. The number of alkyl halides is 3. The van der Waals surface area contributed by atoms with Crippen LogP contribution in [0.2, 0.25) is 0 Å². The molecule has 0 amide bonds. The molecule has 0 saturated carbocycles. The van der Waals surface area contributed by atoms with E-state index in [1.165, 1.54) is 0 Å². The van der Waals surface area contributed by atoms with Gasteiger partial charge in [-0.3, -0.25) is 0 Å². The van der Waals surface area contributed by atoms with Gasteiger partial charge in [0.05, 0.1) is 12.0 Å². The molecule has 0 aromatic heterocycles. The Labute approximate surface area is 111 Å². The minimum absolute atomic E-state index is 0.00567. The number of aliphatic hydroxyl groups excluding tert-OH is 1. The van der Waals surface area contributed by atoms with Crippen LogP contribution in [0.3, 0.4) is 0 Å². The van der Waals surface area contributed by atoms with Gasteiger partial charge in [-0.05, 0) is 12.8 Å². The molecule has 0 spiro atoms. The lowest BCUT2D eigenvalue weighted by atomic mass is 10.00. The second-order valence-corrected chi connectivity index (χ2v) is 4.85. The van der Waals surface area contributed by atoms with Crippen LogP contribution in [0.25, 0.3) is 0 Å². The fraction of sp³-hybridized carbons (Fsp3) is 0.769. The highest BCUT2D eigenvalue weighted by molar-refractivity contribution is 5.85. The van der Waals surface area contributed by atoms with Gasteiger partial charge in [-0.2, -0.15) is 13.2 Å². The van der Waals surface area contributed by atoms with Gasteiger partial charge in [0, 0.05) is 12.0 Å². The highest BCUT2D eigenvalue weighted by atomic mass is 19.4. The third kappa shape index (κ3) is 8.64. The predicted molar refractivity (Wildman–Crippen MR) is 65.7 cm³/mol. The molecule has 0 radical (unpaired) electrons. The summed E-state index contributed by atoms with van der Waals surface area (Å²) in [5.41, 5.74) is -0.0572. The van der Waals surface area contributed by atoms with Crippen LogP contribution in [0.5, 0.6) is 0 Å². The Morgan fingerprint density at radius 1 is 1.21 bits per heavy atom. The topological polar surface area (TPSA) is 57.5 Å². The van der Waals surface area contributed by atoms with E-state index in [1.807, 2.05) is 0 Å². The molecule has 0 bridgehead atoms. The van der Waals surface area contributed by atoms with E-state index in [-0.39, 0.29) is 18.4 Å². The minimum Gasteiger partial charge on any atom is -0.478 e. The fourth-order valence-electron chi connectivity index (χ4n) is 1.64. The van der Waals surface area contributed by atoms with E-state index in [0.29, 0.717) is 25.7 Å². The third-order valence-electron chi connectivity index (χ3n) is 3.02. The largest absolute Gasteiger partial charge is 0.478 e. The molecule has 0 aromatic rings. The standard InChI is InChI=1S/C13H21F3O3/c1-9(12(18)19)8-11(17)7-5-3-4-6-10(2)13(14,15)16/h10-11,17H,1,3-8H2,2H3,(H,18,19). The second kappa shape index (κ2) is 8.19. The molecule has 0 aliphatic heterocycles. The monoisotopic (exact) mass is 282 g/mol. The van der Waals surface area contributed by atoms with Crippen LogP contribution in [-0.4, -0.2) is 28.5 Å². The molecular formula is C13H21F3O3. The van der Waals surface area contributed by atoms with Gasteiger partial charge in [0.25, 0.3) is 0 Å². The lowest BCUT2D eigenvalue weighted by Gasteiger charge is -2.15. The van der Waals surface area contributed by atoms with Crippen LogP contribution in [0.4, 0.5) is 13.2 Å². The highest BCUT2D eigenvalue weighted by Crippen LogP contribution is 2.29. The Balaban J connectivity index is 3.65. The maximum absolute atomic E-state index is 12.2. The number of hydrogen-bond donors (Lipinski definition) is 2. The van der Waals surface area contributed by atoms with Crippen LogP contribution < -0.4 is 0 Å². The zero-order valence-electron chi connectivity index (χ0n) is 11.0. The van der Waals surface area contributed by atoms with Crippen molar-refractivity contribution in [1.82, 2.24) is 0 Å². The van der Waals surface area contributed by atoms with Crippen molar-refractivity contribution in [2.45, 2.75) is 57.7 Å². The van der Waals surface area contributed by atoms with Crippen molar-refractivity contribution in [1.29, 1.82) is 0 Å². The number of unbranched alkanes of at least 4 members (excludes halogenated alkanes) is 2. The van der Waals surface area contributed by atoms with E-state index in [4.69, 9.17) is 5.11 Å². The molecule has 0 aliphatic carbocycles. The maximum atomic E-state index is 12.2. The summed E-state index contributed by atoms with van der Waals surface area (Å²) in [6.45, 7) is 4.46. The van der Waals surface area contributed by atoms with E-state index in [0.717, 1.165) is 6.92 Å². The highest BCUT2D eigenvalue weighted by Gasteiger charge is 2.34. The van der Waals surface area contributed by atoms with Gasteiger partial charge >= 0.3 is 12.1 Å². The zero-order chi connectivity index (χ0) is 15.1. The van der Waals surface area contributed by atoms with Crippen molar-refractivity contribution < 1.29 is 28.2 Å². The van der Waals surface area contributed by atoms with Crippen LogP contribution in [0.15, 0.2) is 12.2 Å². The molecule has 3 nitrogen and oxygen atoms in total. The van der Waals surface area contributed by atoms with Crippen molar-refractivity contribution in [2.75, 3.05) is 0 Å². The Hall–Kier alpha value is -1.04. The number of carbonyl (C=O) groups is 1. The Bertz CT molecular complexity index is 300. The summed E-state index contributed by atoms with van der Waals surface area (Å²) in [5, 5.41) is 18.1. The number of halogens is 3. The summed E-state index contributed by atoms with van der Waals surface area (Å²) in [5.74, 6) is -2.44. The van der Waals surface area contributed by atoms with Crippen molar-refractivity contribution in [2.24, 2.45) is 5.92 Å². The first kappa shape index (κ1) is 18.0. The second-order valence-electron chi connectivity index (χ2n) is 4.85. The van der Waals surface area contributed by atoms with Gasteiger partial charge in [-0.15, -0.1) is 0 Å². The summed E-state index contributed by atoms with van der Waals surface area (Å²) in [4.78, 5) is 10.5. The minimum atomic E-state index is -4.14. The SMILES string of the molecule is C=C(CC(O)CCCCCC(C)C(F)(F)F)C(=O)O. The van der Waals surface area contributed by atoms with E-state index < -0.39 is 24.2 Å². The predicted octanol–water partition coefficient (Wildman–Crippen LogP) is 3.53.